The van der Waals surface area contributed by atoms with Crippen molar-refractivity contribution in [2.75, 3.05) is 0 Å². The van der Waals surface area contributed by atoms with E-state index in [-0.39, 0.29) is 0 Å². The Labute approximate surface area is 82.8 Å². The Balaban J connectivity index is 2.85. The Morgan fingerprint density at radius 1 is 1.14 bits per heavy atom. The monoisotopic (exact) mass is 183 g/mol. The van der Waals surface area contributed by atoms with Crippen molar-refractivity contribution in [2.24, 2.45) is 0 Å². The van der Waals surface area contributed by atoms with Gasteiger partial charge in [0.15, 0.2) is 4.98 Å². The van der Waals surface area contributed by atoms with Crippen LogP contribution in [0.5, 0.6) is 0 Å². The molecule has 0 heterocycles. The fraction of sp³-hybridized carbons (Fsp3) is 0.167. The van der Waals surface area contributed by atoms with Crippen molar-refractivity contribution < 1.29 is 0 Å². The molecule has 2 aromatic carbocycles. The molecule has 2 rings (SSSR count). The second-order valence-corrected chi connectivity index (χ2v) is 3.25. The van der Waals surface area contributed by atoms with E-state index in [1.54, 1.807) is 0 Å². The SMILES string of the molecule is CCc1ccc2ccccc2c1[N+]#N. The molecule has 0 amide bonds. The lowest BCUT2D eigenvalue weighted by molar-refractivity contribution is 1.15. The predicted octanol–water partition coefficient (Wildman–Crippen LogP) is 3.89. The number of aryl methyl sites for hydroxylation is 1. The molecule has 0 saturated carbocycles. The first-order valence-electron chi connectivity index (χ1n) is 4.72. The fourth-order valence-electron chi connectivity index (χ4n) is 1.70. The molecular weight excluding hydrogens is 172 g/mol. The van der Waals surface area contributed by atoms with Crippen LogP contribution in [0.15, 0.2) is 36.4 Å². The van der Waals surface area contributed by atoms with Gasteiger partial charge in [0.25, 0.3) is 0 Å². The summed E-state index contributed by atoms with van der Waals surface area (Å²) in [6, 6.07) is 12.0. The lowest BCUT2D eigenvalue weighted by Crippen LogP contribution is -1.81. The second-order valence-electron chi connectivity index (χ2n) is 3.25. The van der Waals surface area contributed by atoms with Crippen LogP contribution in [0.2, 0.25) is 0 Å². The summed E-state index contributed by atoms with van der Waals surface area (Å²) in [4.78, 5) is 3.37. The van der Waals surface area contributed by atoms with E-state index in [2.05, 4.69) is 18.0 Å². The van der Waals surface area contributed by atoms with Gasteiger partial charge in [-0.15, -0.1) is 0 Å². The van der Waals surface area contributed by atoms with E-state index in [0.717, 1.165) is 22.8 Å². The quantitative estimate of drug-likeness (QED) is 0.616. The molecule has 0 spiro atoms. The highest BCUT2D eigenvalue weighted by atomic mass is 14.9. The van der Waals surface area contributed by atoms with Gasteiger partial charge in [-0.3, -0.25) is 0 Å². The lowest BCUT2D eigenvalue weighted by Gasteiger charge is -1.96. The predicted molar refractivity (Wildman–Crippen MR) is 58.1 cm³/mol. The summed E-state index contributed by atoms with van der Waals surface area (Å²) in [5.41, 5.74) is 1.77. The third kappa shape index (κ3) is 1.23. The molecular formula is C12H11N2+. The van der Waals surface area contributed by atoms with Crippen molar-refractivity contribution in [1.82, 2.24) is 0 Å². The van der Waals surface area contributed by atoms with Gasteiger partial charge in [-0.05, 0) is 17.9 Å². The molecule has 0 fully saturated rings. The van der Waals surface area contributed by atoms with Crippen molar-refractivity contribution in [1.29, 1.82) is 5.39 Å². The Morgan fingerprint density at radius 2 is 1.93 bits per heavy atom. The zero-order chi connectivity index (χ0) is 9.97. The molecule has 0 aliphatic carbocycles. The van der Waals surface area contributed by atoms with Crippen molar-refractivity contribution in [2.45, 2.75) is 13.3 Å². The average molecular weight is 183 g/mol. The fourth-order valence-corrected chi connectivity index (χ4v) is 1.70. The van der Waals surface area contributed by atoms with Crippen molar-refractivity contribution in [3.05, 3.63) is 46.9 Å². The summed E-state index contributed by atoms with van der Waals surface area (Å²) in [6.45, 7) is 2.05. The van der Waals surface area contributed by atoms with E-state index in [4.69, 9.17) is 5.39 Å². The van der Waals surface area contributed by atoms with Crippen LogP contribution in [0, 0.1) is 5.39 Å². The summed E-state index contributed by atoms with van der Waals surface area (Å²) in [7, 11) is 0. The molecule has 0 unspecified atom stereocenters. The third-order valence-electron chi connectivity index (χ3n) is 2.47. The van der Waals surface area contributed by atoms with E-state index < -0.39 is 0 Å². The minimum Gasteiger partial charge on any atom is -0.0616 e. The second kappa shape index (κ2) is 3.47. The molecule has 0 atom stereocenters. The smallest absolute Gasteiger partial charge is 0.0616 e. The molecule has 2 heteroatoms. The molecule has 0 N–H and O–H groups in total. The molecule has 68 valence electrons. The highest BCUT2D eigenvalue weighted by Gasteiger charge is 2.16. The van der Waals surface area contributed by atoms with E-state index in [1.807, 2.05) is 30.3 Å². The molecule has 0 aliphatic heterocycles. The number of diazo groups is 1. The number of fused-ring (bicyclic) bond motifs is 1. The minimum atomic E-state index is 0.700. The molecule has 2 aromatic rings. The average Bonchev–Trinajstić information content (AvgIpc) is 2.27. The minimum absolute atomic E-state index is 0.700. The first kappa shape index (κ1) is 8.71. The zero-order valence-corrected chi connectivity index (χ0v) is 8.07. The summed E-state index contributed by atoms with van der Waals surface area (Å²) in [5.74, 6) is 0. The van der Waals surface area contributed by atoms with Crippen LogP contribution in [0.3, 0.4) is 0 Å². The highest BCUT2D eigenvalue weighted by Crippen LogP contribution is 2.30. The number of rotatable bonds is 1. The molecule has 0 radical (unpaired) electrons. The Hall–Kier alpha value is -1.88. The van der Waals surface area contributed by atoms with Gasteiger partial charge in [-0.2, -0.15) is 0 Å². The van der Waals surface area contributed by atoms with E-state index >= 15 is 0 Å². The van der Waals surface area contributed by atoms with Crippen LogP contribution in [0.4, 0.5) is 5.69 Å². The lowest BCUT2D eigenvalue weighted by atomic mass is 10.0. The molecule has 0 aliphatic rings. The Morgan fingerprint density at radius 3 is 2.64 bits per heavy atom. The summed E-state index contributed by atoms with van der Waals surface area (Å²) < 4.78 is 0. The molecule has 14 heavy (non-hydrogen) atoms. The van der Waals surface area contributed by atoms with Gasteiger partial charge in [0.2, 0.25) is 5.39 Å². The first-order valence-corrected chi connectivity index (χ1v) is 4.72. The van der Waals surface area contributed by atoms with Gasteiger partial charge in [-0.25, -0.2) is 0 Å². The van der Waals surface area contributed by atoms with Gasteiger partial charge in [0.05, 0.1) is 5.39 Å². The standard InChI is InChI=1S/C12H11N2/c1-2-9-7-8-10-5-3-4-6-11(10)12(9)14-13/h3-8H,2H2,1H3/q+1. The first-order chi connectivity index (χ1) is 6.86. The summed E-state index contributed by atoms with van der Waals surface area (Å²) in [5, 5.41) is 11.1. The normalized spacial score (nSPS) is 10.0. The number of hydrogen-bond acceptors (Lipinski definition) is 1. The van der Waals surface area contributed by atoms with Gasteiger partial charge in [0.1, 0.15) is 0 Å². The van der Waals surface area contributed by atoms with Gasteiger partial charge in [-0.1, -0.05) is 37.3 Å². The zero-order valence-electron chi connectivity index (χ0n) is 8.07. The van der Waals surface area contributed by atoms with Crippen LogP contribution in [-0.4, -0.2) is 0 Å². The van der Waals surface area contributed by atoms with E-state index in [9.17, 15) is 0 Å². The topological polar surface area (TPSA) is 28.1 Å². The van der Waals surface area contributed by atoms with Crippen molar-refractivity contribution >= 4 is 16.5 Å². The van der Waals surface area contributed by atoms with Crippen molar-refractivity contribution in [3.63, 3.8) is 0 Å². The van der Waals surface area contributed by atoms with Gasteiger partial charge >= 0.3 is 5.69 Å². The number of benzene rings is 2. The maximum Gasteiger partial charge on any atom is 0.395 e. The molecule has 0 aromatic heterocycles. The number of nitrogens with zero attached hydrogens (tertiary/aromatic N) is 2. The van der Waals surface area contributed by atoms with Crippen LogP contribution in [0.25, 0.3) is 15.7 Å². The molecule has 0 saturated heterocycles. The van der Waals surface area contributed by atoms with E-state index in [0.29, 0.717) is 5.69 Å². The maximum absolute atomic E-state index is 8.97. The Kier molecular flexibility index (Phi) is 2.16. The van der Waals surface area contributed by atoms with Crippen LogP contribution in [0.1, 0.15) is 12.5 Å². The van der Waals surface area contributed by atoms with Crippen LogP contribution < -0.4 is 0 Å². The Bertz CT molecular complexity index is 509. The van der Waals surface area contributed by atoms with E-state index in [1.165, 1.54) is 0 Å². The highest BCUT2D eigenvalue weighted by molar-refractivity contribution is 5.95. The largest absolute Gasteiger partial charge is 0.395 e. The summed E-state index contributed by atoms with van der Waals surface area (Å²) >= 11 is 0. The maximum atomic E-state index is 8.97. The number of hydrogen-bond donors (Lipinski definition) is 0. The molecule has 0 bridgehead atoms. The van der Waals surface area contributed by atoms with Crippen LogP contribution >= 0.6 is 0 Å². The van der Waals surface area contributed by atoms with Gasteiger partial charge < -0.3 is 0 Å². The van der Waals surface area contributed by atoms with Crippen molar-refractivity contribution in [3.8, 4) is 0 Å². The summed E-state index contributed by atoms with van der Waals surface area (Å²) in [6.07, 6.45) is 0.879. The van der Waals surface area contributed by atoms with Crippen LogP contribution in [-0.2, 0) is 6.42 Å². The molecule has 2 nitrogen and oxygen atoms in total. The van der Waals surface area contributed by atoms with Gasteiger partial charge in [0, 0.05) is 5.56 Å². The third-order valence-corrected chi connectivity index (χ3v) is 2.47.